The molecule has 1 aliphatic heterocycles. The van der Waals surface area contributed by atoms with E-state index in [1.54, 1.807) is 17.0 Å². The number of nitrogens with zero attached hydrogens (tertiary/aromatic N) is 1. The number of likely N-dealkylation sites (tertiary alicyclic amines) is 1. The number of rotatable bonds is 1. The van der Waals surface area contributed by atoms with E-state index >= 15 is 0 Å². The van der Waals surface area contributed by atoms with Crippen molar-refractivity contribution in [3.05, 3.63) is 41.1 Å². The fraction of sp³-hybridized carbons (Fsp3) is 0.667. The summed E-state index contributed by atoms with van der Waals surface area (Å²) in [6, 6.07) is 3.57. The maximum absolute atomic E-state index is 14.1. The first-order valence-corrected chi connectivity index (χ1v) is 13.7. The molecule has 202 valence electrons. The number of anilines is 1. The van der Waals surface area contributed by atoms with Gasteiger partial charge in [0.15, 0.2) is 5.78 Å². The first-order valence-electron chi connectivity index (χ1n) is 13.7. The number of urea groups is 1. The Balaban J connectivity index is 1.52. The number of ketones is 1. The Morgan fingerprint density at radius 2 is 1.78 bits per heavy atom. The molecule has 1 heterocycles. The highest BCUT2D eigenvalue weighted by atomic mass is 19.4. The summed E-state index contributed by atoms with van der Waals surface area (Å²) in [5.74, 6) is 1.14. The average Bonchev–Trinajstić information content (AvgIpc) is 3.20. The first kappa shape index (κ1) is 26.3. The van der Waals surface area contributed by atoms with Crippen LogP contribution in [0.15, 0.2) is 30.0 Å². The number of allylic oxidation sites excluding steroid dienone is 2. The smallest absolute Gasteiger partial charge is 0.307 e. The molecule has 3 fully saturated rings. The lowest BCUT2D eigenvalue weighted by molar-refractivity contribution is -0.137. The van der Waals surface area contributed by atoms with Crippen molar-refractivity contribution < 1.29 is 22.8 Å². The van der Waals surface area contributed by atoms with E-state index < -0.39 is 23.2 Å². The second-order valence-electron chi connectivity index (χ2n) is 13.4. The Morgan fingerprint density at radius 3 is 2.46 bits per heavy atom. The molecule has 1 aromatic carbocycles. The summed E-state index contributed by atoms with van der Waals surface area (Å²) in [5, 5.41) is 2.61. The molecule has 1 aromatic rings. The Hall–Kier alpha value is -2.31. The highest BCUT2D eigenvalue weighted by Gasteiger charge is 2.59. The van der Waals surface area contributed by atoms with E-state index in [-0.39, 0.29) is 28.2 Å². The fourth-order valence-corrected chi connectivity index (χ4v) is 8.03. The summed E-state index contributed by atoms with van der Waals surface area (Å²) in [6.45, 7) is 10.6. The predicted octanol–water partition coefficient (Wildman–Crippen LogP) is 7.94. The Kier molecular flexibility index (Phi) is 6.12. The van der Waals surface area contributed by atoms with Crippen LogP contribution in [-0.4, -0.2) is 23.3 Å². The number of piperidine rings is 1. The highest BCUT2D eigenvalue weighted by molar-refractivity contribution is 5.95. The van der Waals surface area contributed by atoms with Gasteiger partial charge in [-0.3, -0.25) is 9.69 Å². The van der Waals surface area contributed by atoms with Crippen LogP contribution < -0.4 is 5.32 Å². The summed E-state index contributed by atoms with van der Waals surface area (Å²) < 4.78 is 42.2. The standard InChI is InChI=1S/C30H39F3N2O2/c1-27(2,3)18-8-9-24(23(15-18)30(31,32)33)34-26(37)35-17-20-21-7-6-12-28(21,4)13-11-22(20)29(5)14-10-19(36)16-25(29)35/h8-9,15-16,20-22H,6-7,10-14,17H2,1-5H3,(H,34,37)/t20-,21-,22-,28-,29+/m0/s1. The molecule has 0 unspecified atom stereocenters. The molecule has 4 aliphatic rings. The van der Waals surface area contributed by atoms with Crippen LogP contribution in [0.5, 0.6) is 0 Å². The number of amides is 2. The molecule has 0 bridgehead atoms. The maximum atomic E-state index is 14.1. The van der Waals surface area contributed by atoms with Crippen molar-refractivity contribution in [2.24, 2.45) is 28.6 Å². The van der Waals surface area contributed by atoms with E-state index in [2.05, 4.69) is 19.2 Å². The van der Waals surface area contributed by atoms with Gasteiger partial charge in [0, 0.05) is 30.2 Å². The van der Waals surface area contributed by atoms with Crippen molar-refractivity contribution in [3.8, 4) is 0 Å². The summed E-state index contributed by atoms with van der Waals surface area (Å²) in [5.41, 5.74) is -0.391. The highest BCUT2D eigenvalue weighted by Crippen LogP contribution is 2.64. The molecule has 3 aliphatic carbocycles. The largest absolute Gasteiger partial charge is 0.418 e. The molecular formula is C30H39F3N2O2. The lowest BCUT2D eigenvalue weighted by Crippen LogP contribution is -2.59. The maximum Gasteiger partial charge on any atom is 0.418 e. The first-order chi connectivity index (χ1) is 17.1. The number of benzene rings is 1. The summed E-state index contributed by atoms with van der Waals surface area (Å²) >= 11 is 0. The van der Waals surface area contributed by atoms with Crippen molar-refractivity contribution >= 4 is 17.5 Å². The van der Waals surface area contributed by atoms with Crippen LogP contribution in [0, 0.1) is 28.6 Å². The fourth-order valence-electron chi connectivity index (χ4n) is 8.03. The Bertz CT molecular complexity index is 1150. The third kappa shape index (κ3) is 4.40. The predicted molar refractivity (Wildman–Crippen MR) is 138 cm³/mol. The SMILES string of the molecule is CC(C)(C)c1ccc(NC(=O)N2C[C@H]3[C@@H]4CCC[C@@]4(C)CC[C@@H]3[C@@]3(C)CCC(=O)C=C23)c(C(F)(F)F)c1. The van der Waals surface area contributed by atoms with Gasteiger partial charge in [-0.1, -0.05) is 47.1 Å². The zero-order valence-electron chi connectivity index (χ0n) is 22.6. The van der Waals surface area contributed by atoms with Crippen LogP contribution in [0.1, 0.15) is 90.7 Å². The van der Waals surface area contributed by atoms with E-state index in [9.17, 15) is 22.8 Å². The molecule has 5 atom stereocenters. The van der Waals surface area contributed by atoms with Crippen LogP contribution in [0.4, 0.5) is 23.7 Å². The van der Waals surface area contributed by atoms with Gasteiger partial charge in [-0.2, -0.15) is 13.2 Å². The van der Waals surface area contributed by atoms with Gasteiger partial charge in [-0.05, 0) is 78.4 Å². The van der Waals surface area contributed by atoms with E-state index in [0.717, 1.165) is 25.3 Å². The third-order valence-corrected chi connectivity index (χ3v) is 10.2. The number of fused-ring (bicyclic) bond motifs is 5. The number of alkyl halides is 3. The van der Waals surface area contributed by atoms with Gasteiger partial charge in [0.25, 0.3) is 0 Å². The molecule has 4 nitrogen and oxygen atoms in total. The Morgan fingerprint density at radius 1 is 1.05 bits per heavy atom. The van der Waals surface area contributed by atoms with Gasteiger partial charge >= 0.3 is 12.2 Å². The molecule has 37 heavy (non-hydrogen) atoms. The molecule has 5 rings (SSSR count). The zero-order valence-corrected chi connectivity index (χ0v) is 22.6. The molecule has 0 radical (unpaired) electrons. The third-order valence-electron chi connectivity index (χ3n) is 10.2. The molecule has 7 heteroatoms. The van der Waals surface area contributed by atoms with Gasteiger partial charge in [0.2, 0.25) is 0 Å². The number of nitrogens with one attached hydrogen (secondary N) is 1. The van der Waals surface area contributed by atoms with E-state index in [4.69, 9.17) is 0 Å². The monoisotopic (exact) mass is 516 g/mol. The zero-order chi connectivity index (χ0) is 27.0. The average molecular weight is 517 g/mol. The van der Waals surface area contributed by atoms with Crippen molar-refractivity contribution in [2.45, 2.75) is 91.2 Å². The molecule has 1 saturated heterocycles. The van der Waals surface area contributed by atoms with Gasteiger partial charge in [-0.25, -0.2) is 4.79 Å². The normalized spacial score (nSPS) is 33.8. The number of halogens is 3. The second-order valence-corrected chi connectivity index (χ2v) is 13.4. The lowest BCUT2D eigenvalue weighted by Gasteiger charge is -2.59. The summed E-state index contributed by atoms with van der Waals surface area (Å²) in [4.78, 5) is 27.9. The van der Waals surface area contributed by atoms with Crippen LogP contribution >= 0.6 is 0 Å². The molecular weight excluding hydrogens is 477 g/mol. The quantitative estimate of drug-likeness (QED) is 0.412. The molecule has 0 aromatic heterocycles. The van der Waals surface area contributed by atoms with E-state index in [1.807, 2.05) is 20.8 Å². The van der Waals surface area contributed by atoms with Crippen molar-refractivity contribution in [3.63, 3.8) is 0 Å². The number of carbonyl (C=O) groups is 2. The van der Waals surface area contributed by atoms with E-state index in [0.29, 0.717) is 42.5 Å². The lowest BCUT2D eigenvalue weighted by atomic mass is 9.50. The van der Waals surface area contributed by atoms with Crippen LogP contribution in [0.3, 0.4) is 0 Å². The minimum atomic E-state index is -4.61. The molecule has 2 saturated carbocycles. The van der Waals surface area contributed by atoms with Crippen molar-refractivity contribution in [2.75, 3.05) is 11.9 Å². The van der Waals surface area contributed by atoms with Gasteiger partial charge in [-0.15, -0.1) is 0 Å². The van der Waals surface area contributed by atoms with Crippen LogP contribution in [-0.2, 0) is 16.4 Å². The molecule has 2 amide bonds. The minimum absolute atomic E-state index is 0.0178. The second kappa shape index (κ2) is 8.60. The van der Waals surface area contributed by atoms with Crippen LogP contribution in [0.2, 0.25) is 0 Å². The Labute approximate surface area is 218 Å². The van der Waals surface area contributed by atoms with Gasteiger partial charge in [0.05, 0.1) is 11.3 Å². The number of hydrogen-bond acceptors (Lipinski definition) is 2. The molecule has 0 spiro atoms. The van der Waals surface area contributed by atoms with Crippen molar-refractivity contribution in [1.82, 2.24) is 4.90 Å². The summed E-state index contributed by atoms with van der Waals surface area (Å²) in [6.07, 6.45) is 3.86. The topological polar surface area (TPSA) is 49.4 Å². The minimum Gasteiger partial charge on any atom is -0.307 e. The summed E-state index contributed by atoms with van der Waals surface area (Å²) in [7, 11) is 0. The molecule has 1 N–H and O–H groups in total. The van der Waals surface area contributed by atoms with Gasteiger partial charge in [0.1, 0.15) is 0 Å². The number of hydrogen-bond donors (Lipinski definition) is 1. The van der Waals surface area contributed by atoms with Crippen molar-refractivity contribution in [1.29, 1.82) is 0 Å². The van der Waals surface area contributed by atoms with Gasteiger partial charge < -0.3 is 5.32 Å². The van der Waals surface area contributed by atoms with E-state index in [1.165, 1.54) is 18.9 Å². The number of carbonyl (C=O) groups excluding carboxylic acids is 2. The van der Waals surface area contributed by atoms with Crippen LogP contribution in [0.25, 0.3) is 0 Å².